The second-order valence-corrected chi connectivity index (χ2v) is 3.22. The van der Waals surface area contributed by atoms with E-state index in [2.05, 4.69) is 0 Å². The van der Waals surface area contributed by atoms with Gasteiger partial charge in [-0.05, 0) is 12.5 Å². The highest BCUT2D eigenvalue weighted by molar-refractivity contribution is 6.21. The van der Waals surface area contributed by atoms with Crippen molar-refractivity contribution in [3.8, 4) is 0 Å². The Morgan fingerprint density at radius 2 is 1.83 bits per heavy atom. The summed E-state index contributed by atoms with van der Waals surface area (Å²) in [4.78, 5) is 0. The zero-order valence-electron chi connectivity index (χ0n) is 7.33. The van der Waals surface area contributed by atoms with Crippen molar-refractivity contribution in [1.82, 2.24) is 0 Å². The Bertz CT molecular complexity index is 223. The van der Waals surface area contributed by atoms with Gasteiger partial charge >= 0.3 is 0 Å². The van der Waals surface area contributed by atoms with E-state index in [9.17, 15) is 0 Å². The molecule has 1 nitrogen and oxygen atoms in total. The van der Waals surface area contributed by atoms with E-state index in [0.29, 0.717) is 0 Å². The maximum Gasteiger partial charge on any atom is 0.0844 e. The third-order valence-electron chi connectivity index (χ3n) is 1.90. The van der Waals surface area contributed by atoms with E-state index in [4.69, 9.17) is 16.3 Å². The van der Waals surface area contributed by atoms with Crippen LogP contribution in [0.25, 0.3) is 0 Å². The summed E-state index contributed by atoms with van der Waals surface area (Å²) in [6.45, 7) is 1.96. The smallest absolute Gasteiger partial charge is 0.0844 e. The molecule has 1 rings (SSSR count). The molecule has 0 bridgehead atoms. The lowest BCUT2D eigenvalue weighted by molar-refractivity contribution is 0.114. The molecule has 0 spiro atoms. The third kappa shape index (κ3) is 2.23. The van der Waals surface area contributed by atoms with Crippen molar-refractivity contribution in [3.63, 3.8) is 0 Å². The van der Waals surface area contributed by atoms with Crippen molar-refractivity contribution >= 4 is 11.6 Å². The van der Waals surface area contributed by atoms with Crippen LogP contribution in [0.1, 0.15) is 17.9 Å². The van der Waals surface area contributed by atoms with Crippen LogP contribution in [-0.2, 0) is 4.74 Å². The molecule has 0 aromatic heterocycles. The van der Waals surface area contributed by atoms with E-state index in [1.54, 1.807) is 7.11 Å². The topological polar surface area (TPSA) is 9.23 Å². The second kappa shape index (κ2) is 4.48. The molecule has 0 saturated heterocycles. The van der Waals surface area contributed by atoms with Crippen molar-refractivity contribution in [1.29, 1.82) is 0 Å². The summed E-state index contributed by atoms with van der Waals surface area (Å²) in [6, 6.07) is 9.95. The lowest BCUT2D eigenvalue weighted by atomic mass is 10.1. The van der Waals surface area contributed by atoms with Gasteiger partial charge in [0.25, 0.3) is 0 Å². The highest BCUT2D eigenvalue weighted by atomic mass is 35.5. The fraction of sp³-hybridized carbons (Fsp3) is 0.400. The summed E-state index contributed by atoms with van der Waals surface area (Å²) in [6.07, 6.45) is 0.0501. The van der Waals surface area contributed by atoms with Gasteiger partial charge in [-0.1, -0.05) is 30.3 Å². The molecular weight excluding hydrogens is 172 g/mol. The minimum Gasteiger partial charge on any atom is -0.380 e. The van der Waals surface area contributed by atoms with E-state index in [0.717, 1.165) is 5.56 Å². The van der Waals surface area contributed by atoms with Gasteiger partial charge in [0, 0.05) is 7.11 Å². The van der Waals surface area contributed by atoms with Crippen LogP contribution in [0.15, 0.2) is 30.3 Å². The van der Waals surface area contributed by atoms with Gasteiger partial charge in [0.2, 0.25) is 0 Å². The average Bonchev–Trinajstić information content (AvgIpc) is 2.17. The molecule has 2 heteroatoms. The number of benzene rings is 1. The van der Waals surface area contributed by atoms with Crippen LogP contribution < -0.4 is 0 Å². The number of halogens is 1. The molecule has 0 amide bonds. The predicted molar refractivity (Wildman–Crippen MR) is 51.5 cm³/mol. The molecule has 0 heterocycles. The third-order valence-corrected chi connectivity index (χ3v) is 2.51. The molecule has 0 unspecified atom stereocenters. The van der Waals surface area contributed by atoms with Crippen LogP contribution >= 0.6 is 11.6 Å². The summed E-state index contributed by atoms with van der Waals surface area (Å²) < 4.78 is 5.13. The Hall–Kier alpha value is -0.530. The SMILES string of the molecule is CO[C@@H](C)[C@@H](Cl)c1ccccc1. The molecule has 1 aromatic carbocycles. The van der Waals surface area contributed by atoms with E-state index >= 15 is 0 Å². The monoisotopic (exact) mass is 184 g/mol. The van der Waals surface area contributed by atoms with Crippen molar-refractivity contribution < 1.29 is 4.74 Å². The largest absolute Gasteiger partial charge is 0.380 e. The zero-order chi connectivity index (χ0) is 8.97. The van der Waals surface area contributed by atoms with E-state index < -0.39 is 0 Å². The lowest BCUT2D eigenvalue weighted by Crippen LogP contribution is -2.11. The van der Waals surface area contributed by atoms with Gasteiger partial charge < -0.3 is 4.74 Å². The van der Waals surface area contributed by atoms with Crippen molar-refractivity contribution in [3.05, 3.63) is 35.9 Å². The van der Waals surface area contributed by atoms with E-state index in [1.807, 2.05) is 37.3 Å². The number of methoxy groups -OCH3 is 1. The van der Waals surface area contributed by atoms with Crippen molar-refractivity contribution in [2.45, 2.75) is 18.4 Å². The van der Waals surface area contributed by atoms with Crippen molar-refractivity contribution in [2.75, 3.05) is 7.11 Å². The second-order valence-electron chi connectivity index (χ2n) is 2.75. The molecule has 0 fully saturated rings. The first-order valence-corrected chi connectivity index (χ1v) is 4.41. The first-order chi connectivity index (χ1) is 5.75. The van der Waals surface area contributed by atoms with Gasteiger partial charge in [-0.25, -0.2) is 0 Å². The maximum absolute atomic E-state index is 6.13. The van der Waals surface area contributed by atoms with Gasteiger partial charge in [-0.15, -0.1) is 11.6 Å². The molecule has 0 aliphatic heterocycles. The predicted octanol–water partition coefficient (Wildman–Crippen LogP) is 3.00. The van der Waals surface area contributed by atoms with Gasteiger partial charge in [0.1, 0.15) is 0 Å². The van der Waals surface area contributed by atoms with Gasteiger partial charge in [-0.2, -0.15) is 0 Å². The molecule has 0 aliphatic carbocycles. The minimum absolute atomic E-state index is 0.0501. The fourth-order valence-corrected chi connectivity index (χ4v) is 1.28. The molecule has 66 valence electrons. The normalized spacial score (nSPS) is 15.6. The molecule has 0 aliphatic rings. The Morgan fingerprint density at radius 1 is 1.25 bits per heavy atom. The fourth-order valence-electron chi connectivity index (χ4n) is 1.03. The first-order valence-electron chi connectivity index (χ1n) is 3.97. The Balaban J connectivity index is 2.71. The van der Waals surface area contributed by atoms with Crippen LogP contribution in [0, 0.1) is 0 Å². The lowest BCUT2D eigenvalue weighted by Gasteiger charge is -2.16. The number of alkyl halides is 1. The van der Waals surface area contributed by atoms with Crippen LogP contribution in [-0.4, -0.2) is 13.2 Å². The van der Waals surface area contributed by atoms with Gasteiger partial charge in [0.05, 0.1) is 11.5 Å². The average molecular weight is 185 g/mol. The Morgan fingerprint density at radius 3 is 2.33 bits per heavy atom. The minimum atomic E-state index is -0.0591. The van der Waals surface area contributed by atoms with Gasteiger partial charge in [0.15, 0.2) is 0 Å². The van der Waals surface area contributed by atoms with Crippen LogP contribution in [0.5, 0.6) is 0 Å². The first kappa shape index (κ1) is 9.56. The van der Waals surface area contributed by atoms with Crippen LogP contribution in [0.3, 0.4) is 0 Å². The maximum atomic E-state index is 6.13. The Labute approximate surface area is 78.3 Å². The summed E-state index contributed by atoms with van der Waals surface area (Å²) >= 11 is 6.13. The summed E-state index contributed by atoms with van der Waals surface area (Å²) in [5.74, 6) is 0. The molecule has 0 saturated carbocycles. The standard InChI is InChI=1S/C10H13ClO/c1-8(12-2)10(11)9-6-4-3-5-7-9/h3-8,10H,1-2H3/t8-,10+/m0/s1. The van der Waals surface area contributed by atoms with Crippen molar-refractivity contribution in [2.24, 2.45) is 0 Å². The highest BCUT2D eigenvalue weighted by Gasteiger charge is 2.14. The summed E-state index contributed by atoms with van der Waals surface area (Å²) in [5.41, 5.74) is 1.11. The molecular formula is C10H13ClO. The molecule has 2 atom stereocenters. The molecule has 0 N–H and O–H groups in total. The van der Waals surface area contributed by atoms with Gasteiger partial charge in [-0.3, -0.25) is 0 Å². The summed E-state index contributed by atoms with van der Waals surface area (Å²) in [7, 11) is 1.67. The van der Waals surface area contributed by atoms with E-state index in [-0.39, 0.29) is 11.5 Å². The number of ether oxygens (including phenoxy) is 1. The molecule has 1 aromatic rings. The number of hydrogen-bond donors (Lipinski definition) is 0. The van der Waals surface area contributed by atoms with Crippen LogP contribution in [0.4, 0.5) is 0 Å². The highest BCUT2D eigenvalue weighted by Crippen LogP contribution is 2.25. The quantitative estimate of drug-likeness (QED) is 0.657. The van der Waals surface area contributed by atoms with E-state index in [1.165, 1.54) is 0 Å². The molecule has 12 heavy (non-hydrogen) atoms. The number of rotatable bonds is 3. The summed E-state index contributed by atoms with van der Waals surface area (Å²) in [5, 5.41) is -0.0591. The number of hydrogen-bond acceptors (Lipinski definition) is 1. The molecule has 0 radical (unpaired) electrons. The van der Waals surface area contributed by atoms with Crippen LogP contribution in [0.2, 0.25) is 0 Å². The Kier molecular flexibility index (Phi) is 3.57. The zero-order valence-corrected chi connectivity index (χ0v) is 8.08.